The molecule has 0 bridgehead atoms. The summed E-state index contributed by atoms with van der Waals surface area (Å²) >= 11 is 0. The van der Waals surface area contributed by atoms with Crippen LogP contribution in [0.25, 0.3) is 0 Å². The summed E-state index contributed by atoms with van der Waals surface area (Å²) in [5.74, 6) is -0.162. The lowest BCUT2D eigenvalue weighted by atomic mass is 10.0. The summed E-state index contributed by atoms with van der Waals surface area (Å²) in [4.78, 5) is 24.5. The van der Waals surface area contributed by atoms with Crippen molar-refractivity contribution in [1.82, 2.24) is 5.32 Å². The van der Waals surface area contributed by atoms with Gasteiger partial charge in [-0.25, -0.2) is 0 Å². The summed E-state index contributed by atoms with van der Waals surface area (Å²) in [6.07, 6.45) is 62.0. The van der Waals surface area contributed by atoms with E-state index < -0.39 is 12.1 Å². The smallest absolute Gasteiger partial charge is 0.305 e. The molecule has 2 atom stereocenters. The molecule has 0 heterocycles. The Balaban J connectivity index is 3.56. The second kappa shape index (κ2) is 52.0. The summed E-state index contributed by atoms with van der Waals surface area (Å²) in [7, 11) is 0. The standard InChI is InChI=1S/C56H107NO5/c1-3-5-7-9-11-13-15-17-18-19-20-21-22-23-24-25-26-28-29-32-36-40-44-48-54(59)53(52-58)57-55(60)49-45-41-37-33-31-35-39-43-47-51-62-56(61)50-46-42-38-34-30-27-16-14-12-10-8-6-4-2/h33,37,44,48,53-54,58-59H,3-32,34-36,38-43,45-47,49-52H2,1-2H3,(H,57,60)/b37-33-,48-44+. The van der Waals surface area contributed by atoms with E-state index in [1.165, 1.54) is 199 Å². The highest BCUT2D eigenvalue weighted by Gasteiger charge is 2.18. The van der Waals surface area contributed by atoms with Crippen molar-refractivity contribution in [2.45, 2.75) is 309 Å². The molecule has 3 N–H and O–H groups in total. The summed E-state index contributed by atoms with van der Waals surface area (Å²) in [6, 6.07) is -0.665. The zero-order valence-corrected chi connectivity index (χ0v) is 41.6. The van der Waals surface area contributed by atoms with Crippen LogP contribution >= 0.6 is 0 Å². The highest BCUT2D eigenvalue weighted by atomic mass is 16.5. The van der Waals surface area contributed by atoms with Crippen molar-refractivity contribution >= 4 is 11.9 Å². The van der Waals surface area contributed by atoms with Crippen LogP contribution in [0.5, 0.6) is 0 Å². The Morgan fingerprint density at radius 1 is 0.435 bits per heavy atom. The molecule has 6 nitrogen and oxygen atoms in total. The fraction of sp³-hybridized carbons (Fsp3) is 0.893. The van der Waals surface area contributed by atoms with Gasteiger partial charge in [-0.2, -0.15) is 0 Å². The number of hydrogen-bond acceptors (Lipinski definition) is 5. The molecule has 0 aliphatic rings. The molecule has 6 heteroatoms. The number of esters is 1. The van der Waals surface area contributed by atoms with Crippen LogP contribution in [0, 0.1) is 0 Å². The van der Waals surface area contributed by atoms with Crippen molar-refractivity contribution in [3.8, 4) is 0 Å². The Morgan fingerprint density at radius 3 is 1.18 bits per heavy atom. The first-order valence-electron chi connectivity index (χ1n) is 27.6. The van der Waals surface area contributed by atoms with E-state index >= 15 is 0 Å². The van der Waals surface area contributed by atoms with Crippen LogP contribution in [0.15, 0.2) is 24.3 Å². The molecule has 366 valence electrons. The van der Waals surface area contributed by atoms with E-state index in [1.54, 1.807) is 6.08 Å². The molecule has 0 spiro atoms. The summed E-state index contributed by atoms with van der Waals surface area (Å²) in [5.41, 5.74) is 0. The van der Waals surface area contributed by atoms with Gasteiger partial charge in [-0.05, 0) is 51.4 Å². The van der Waals surface area contributed by atoms with Crippen molar-refractivity contribution in [2.24, 2.45) is 0 Å². The van der Waals surface area contributed by atoms with Crippen molar-refractivity contribution in [2.75, 3.05) is 13.2 Å². The molecule has 0 aliphatic carbocycles. The number of amides is 1. The molecule has 0 aromatic heterocycles. The number of aliphatic hydroxyl groups excluding tert-OH is 2. The topological polar surface area (TPSA) is 95.9 Å². The first-order valence-corrected chi connectivity index (χ1v) is 27.6. The van der Waals surface area contributed by atoms with E-state index in [9.17, 15) is 19.8 Å². The molecule has 2 unspecified atom stereocenters. The lowest BCUT2D eigenvalue weighted by molar-refractivity contribution is -0.143. The molecular formula is C56H107NO5. The van der Waals surface area contributed by atoms with Gasteiger partial charge in [0.05, 0.1) is 25.4 Å². The lowest BCUT2D eigenvalue weighted by Crippen LogP contribution is -2.45. The molecule has 62 heavy (non-hydrogen) atoms. The van der Waals surface area contributed by atoms with E-state index in [2.05, 4.69) is 31.3 Å². The Labute approximate surface area is 386 Å². The van der Waals surface area contributed by atoms with Gasteiger partial charge in [-0.15, -0.1) is 0 Å². The monoisotopic (exact) mass is 874 g/mol. The number of rotatable bonds is 51. The van der Waals surface area contributed by atoms with Crippen molar-refractivity contribution < 1.29 is 24.5 Å². The molecule has 0 rings (SSSR count). The predicted octanol–water partition coefficient (Wildman–Crippen LogP) is 16.7. The zero-order valence-electron chi connectivity index (χ0n) is 41.6. The maximum absolute atomic E-state index is 12.4. The van der Waals surface area contributed by atoms with Crippen LogP contribution in [0.1, 0.15) is 296 Å². The number of ether oxygens (including phenoxy) is 1. The summed E-state index contributed by atoms with van der Waals surface area (Å²) in [6.45, 7) is 4.83. The predicted molar refractivity (Wildman–Crippen MR) is 269 cm³/mol. The van der Waals surface area contributed by atoms with Crippen molar-refractivity contribution in [3.05, 3.63) is 24.3 Å². The second-order valence-electron chi connectivity index (χ2n) is 18.9. The van der Waals surface area contributed by atoms with Crippen molar-refractivity contribution in [1.29, 1.82) is 0 Å². The minimum absolute atomic E-state index is 0.0360. The third kappa shape index (κ3) is 47.8. The van der Waals surface area contributed by atoms with Crippen LogP contribution < -0.4 is 5.32 Å². The summed E-state index contributed by atoms with van der Waals surface area (Å²) in [5, 5.41) is 23.1. The lowest BCUT2D eigenvalue weighted by Gasteiger charge is -2.19. The number of hydrogen-bond donors (Lipinski definition) is 3. The van der Waals surface area contributed by atoms with Gasteiger partial charge in [0.25, 0.3) is 0 Å². The number of unbranched alkanes of at least 4 members (excludes halogenated alkanes) is 38. The van der Waals surface area contributed by atoms with Crippen molar-refractivity contribution in [3.63, 3.8) is 0 Å². The molecule has 0 radical (unpaired) electrons. The Bertz CT molecular complexity index is 966. The average molecular weight is 874 g/mol. The van der Waals surface area contributed by atoms with E-state index in [4.69, 9.17) is 4.74 Å². The molecule has 0 aliphatic heterocycles. The van der Waals surface area contributed by atoms with Crippen LogP contribution in [0.4, 0.5) is 0 Å². The molecule has 1 amide bonds. The number of aliphatic hydroxyl groups is 2. The minimum Gasteiger partial charge on any atom is -0.466 e. The van der Waals surface area contributed by atoms with Gasteiger partial charge in [0.1, 0.15) is 0 Å². The quantitative estimate of drug-likeness (QED) is 0.0321. The van der Waals surface area contributed by atoms with E-state index in [1.807, 2.05) is 6.08 Å². The Morgan fingerprint density at radius 2 is 0.774 bits per heavy atom. The number of carbonyl (C=O) groups excluding carboxylic acids is 2. The van der Waals surface area contributed by atoms with Gasteiger partial charge in [-0.3, -0.25) is 9.59 Å². The third-order valence-electron chi connectivity index (χ3n) is 12.7. The largest absolute Gasteiger partial charge is 0.466 e. The molecule has 0 aromatic rings. The van der Waals surface area contributed by atoms with Gasteiger partial charge in [0.2, 0.25) is 5.91 Å². The maximum atomic E-state index is 12.4. The van der Waals surface area contributed by atoms with Gasteiger partial charge in [-0.1, -0.05) is 256 Å². The molecular weight excluding hydrogens is 767 g/mol. The molecule has 0 saturated heterocycles. The molecule has 0 saturated carbocycles. The second-order valence-corrected chi connectivity index (χ2v) is 18.9. The minimum atomic E-state index is -0.875. The van der Waals surface area contributed by atoms with Gasteiger partial charge >= 0.3 is 5.97 Å². The molecule has 0 aromatic carbocycles. The average Bonchev–Trinajstić information content (AvgIpc) is 3.27. The summed E-state index contributed by atoms with van der Waals surface area (Å²) < 4.78 is 5.44. The van der Waals surface area contributed by atoms with E-state index in [-0.39, 0.29) is 18.5 Å². The van der Waals surface area contributed by atoms with Crippen LogP contribution in [-0.2, 0) is 14.3 Å². The highest BCUT2D eigenvalue weighted by molar-refractivity contribution is 5.76. The Hall–Kier alpha value is -1.66. The molecule has 0 fully saturated rings. The van der Waals surface area contributed by atoms with Gasteiger partial charge in [0.15, 0.2) is 0 Å². The SMILES string of the molecule is CCCCCCCCCCCCCCCCCCCCCCC/C=C/C(O)C(CO)NC(=O)CCC/C=C\CCCCCCOC(=O)CCCCCCCCCCCCCCC. The van der Waals surface area contributed by atoms with E-state index in [0.717, 1.165) is 70.6 Å². The van der Waals surface area contributed by atoms with Crippen LogP contribution in [-0.4, -0.2) is 47.4 Å². The normalized spacial score (nSPS) is 12.8. The fourth-order valence-corrected chi connectivity index (χ4v) is 8.46. The zero-order chi connectivity index (χ0) is 45.1. The number of nitrogens with one attached hydrogen (secondary N) is 1. The van der Waals surface area contributed by atoms with Crippen LogP contribution in [0.3, 0.4) is 0 Å². The number of allylic oxidation sites excluding steroid dienone is 3. The fourth-order valence-electron chi connectivity index (χ4n) is 8.46. The maximum Gasteiger partial charge on any atom is 0.305 e. The third-order valence-corrected chi connectivity index (χ3v) is 12.7. The highest BCUT2D eigenvalue weighted by Crippen LogP contribution is 2.17. The first-order chi connectivity index (χ1) is 30.5. The van der Waals surface area contributed by atoms with Crippen LogP contribution in [0.2, 0.25) is 0 Å². The van der Waals surface area contributed by atoms with Gasteiger partial charge < -0.3 is 20.3 Å². The first kappa shape index (κ1) is 60.3. The van der Waals surface area contributed by atoms with Gasteiger partial charge in [0, 0.05) is 12.8 Å². The Kier molecular flexibility index (Phi) is 50.6. The van der Waals surface area contributed by atoms with E-state index in [0.29, 0.717) is 19.4 Å². The number of carbonyl (C=O) groups is 2.